The van der Waals surface area contributed by atoms with E-state index in [4.69, 9.17) is 9.72 Å². The first kappa shape index (κ1) is 23.2. The quantitative estimate of drug-likeness (QED) is 0.261. The van der Waals surface area contributed by atoms with Crippen molar-refractivity contribution in [3.8, 4) is 28.4 Å². The summed E-state index contributed by atoms with van der Waals surface area (Å²) in [7, 11) is 0. The zero-order valence-corrected chi connectivity index (χ0v) is 20.7. The van der Waals surface area contributed by atoms with Crippen LogP contribution in [0.4, 0.5) is 10.2 Å². The van der Waals surface area contributed by atoms with Gasteiger partial charge in [0.15, 0.2) is 0 Å². The highest BCUT2D eigenvalue weighted by molar-refractivity contribution is 5.81. The van der Waals surface area contributed by atoms with Crippen LogP contribution in [0.2, 0.25) is 0 Å². The Hall–Kier alpha value is -4.26. The SMILES string of the molecule is CCCNc1cc(-c2c(-c3ccc(F)cc3)nc3n2[C@H](COc2ccc4ccccc4n2)CC3)ccn1. The highest BCUT2D eigenvalue weighted by atomic mass is 19.1. The first-order valence-corrected chi connectivity index (χ1v) is 12.8. The van der Waals surface area contributed by atoms with Gasteiger partial charge in [-0.1, -0.05) is 25.1 Å². The first-order chi connectivity index (χ1) is 18.2. The van der Waals surface area contributed by atoms with Crippen LogP contribution in [-0.4, -0.2) is 32.7 Å². The molecule has 1 aliphatic heterocycles. The van der Waals surface area contributed by atoms with Crippen molar-refractivity contribution in [2.24, 2.45) is 0 Å². The van der Waals surface area contributed by atoms with Crippen LogP contribution in [0, 0.1) is 5.82 Å². The van der Waals surface area contributed by atoms with Crippen molar-refractivity contribution < 1.29 is 9.13 Å². The molecule has 0 saturated heterocycles. The molecule has 7 heteroatoms. The van der Waals surface area contributed by atoms with Gasteiger partial charge in [-0.3, -0.25) is 0 Å². The molecule has 0 amide bonds. The summed E-state index contributed by atoms with van der Waals surface area (Å²) in [5.74, 6) is 2.18. The zero-order valence-electron chi connectivity index (χ0n) is 20.7. The number of imidazole rings is 1. The van der Waals surface area contributed by atoms with Crippen molar-refractivity contribution in [2.75, 3.05) is 18.5 Å². The Morgan fingerprint density at radius 1 is 1.00 bits per heavy atom. The van der Waals surface area contributed by atoms with E-state index < -0.39 is 0 Å². The van der Waals surface area contributed by atoms with Gasteiger partial charge in [-0.05, 0) is 61.4 Å². The number of pyridine rings is 2. The van der Waals surface area contributed by atoms with E-state index in [0.29, 0.717) is 12.5 Å². The molecule has 186 valence electrons. The summed E-state index contributed by atoms with van der Waals surface area (Å²) in [6.07, 6.45) is 4.61. The molecule has 0 fully saturated rings. The molecule has 0 saturated carbocycles. The fraction of sp³-hybridized carbons (Fsp3) is 0.233. The van der Waals surface area contributed by atoms with E-state index in [2.05, 4.69) is 32.8 Å². The number of halogens is 1. The maximum Gasteiger partial charge on any atom is 0.213 e. The topological polar surface area (TPSA) is 64.9 Å². The van der Waals surface area contributed by atoms with Gasteiger partial charge < -0.3 is 14.6 Å². The summed E-state index contributed by atoms with van der Waals surface area (Å²) >= 11 is 0. The van der Waals surface area contributed by atoms with E-state index in [1.54, 1.807) is 12.1 Å². The Balaban J connectivity index is 1.37. The minimum atomic E-state index is -0.263. The number of hydrogen-bond donors (Lipinski definition) is 1. The van der Waals surface area contributed by atoms with Crippen LogP contribution in [0.15, 0.2) is 79.0 Å². The van der Waals surface area contributed by atoms with Crippen LogP contribution < -0.4 is 10.1 Å². The largest absolute Gasteiger partial charge is 0.475 e. The number of aromatic nitrogens is 4. The third-order valence-electron chi connectivity index (χ3n) is 6.75. The molecule has 37 heavy (non-hydrogen) atoms. The second-order valence-corrected chi connectivity index (χ2v) is 9.30. The number of para-hydroxylation sites is 1. The monoisotopic (exact) mass is 493 g/mol. The molecule has 4 heterocycles. The Morgan fingerprint density at radius 2 is 1.86 bits per heavy atom. The molecule has 6 nitrogen and oxygen atoms in total. The lowest BCUT2D eigenvalue weighted by Gasteiger charge is -2.18. The van der Waals surface area contributed by atoms with Gasteiger partial charge >= 0.3 is 0 Å². The standard InChI is InChI=1S/C30H28FN5O/c1-2-16-32-26-18-22(15-17-33-26)30-29(21-7-10-23(31)11-8-21)35-27-13-12-24(36(27)30)19-37-28-14-9-20-5-3-4-6-25(20)34-28/h3-11,14-15,17-18,24H,2,12-13,16,19H2,1H3,(H,32,33)/t24-/m0/s1. The molecular formula is C30H28FN5O. The molecule has 0 spiro atoms. The van der Waals surface area contributed by atoms with Crippen molar-refractivity contribution in [3.63, 3.8) is 0 Å². The minimum absolute atomic E-state index is 0.0974. The second-order valence-electron chi connectivity index (χ2n) is 9.30. The van der Waals surface area contributed by atoms with E-state index in [-0.39, 0.29) is 11.9 Å². The van der Waals surface area contributed by atoms with Crippen molar-refractivity contribution in [1.82, 2.24) is 19.5 Å². The van der Waals surface area contributed by atoms with Gasteiger partial charge in [0.2, 0.25) is 5.88 Å². The average molecular weight is 494 g/mol. The summed E-state index contributed by atoms with van der Waals surface area (Å²) in [4.78, 5) is 14.2. The molecule has 1 atom stereocenters. The summed E-state index contributed by atoms with van der Waals surface area (Å²) in [5, 5.41) is 4.47. The number of anilines is 1. The highest BCUT2D eigenvalue weighted by Crippen LogP contribution is 2.40. The molecule has 1 aliphatic rings. The molecule has 1 N–H and O–H groups in total. The third kappa shape index (κ3) is 4.65. The molecular weight excluding hydrogens is 465 g/mol. The summed E-state index contributed by atoms with van der Waals surface area (Å²) in [5.41, 5.74) is 4.66. The zero-order chi connectivity index (χ0) is 25.2. The van der Waals surface area contributed by atoms with Gasteiger partial charge in [-0.25, -0.2) is 19.3 Å². The van der Waals surface area contributed by atoms with Crippen LogP contribution in [0.25, 0.3) is 33.4 Å². The van der Waals surface area contributed by atoms with Crippen molar-refractivity contribution in [2.45, 2.75) is 32.2 Å². The summed E-state index contributed by atoms with van der Waals surface area (Å²) < 4.78 is 22.2. The maximum absolute atomic E-state index is 13.7. The Morgan fingerprint density at radius 3 is 2.73 bits per heavy atom. The van der Waals surface area contributed by atoms with Crippen LogP contribution in [-0.2, 0) is 6.42 Å². The minimum Gasteiger partial charge on any atom is -0.475 e. The highest BCUT2D eigenvalue weighted by Gasteiger charge is 2.31. The number of nitrogens with one attached hydrogen (secondary N) is 1. The molecule has 0 aliphatic carbocycles. The van der Waals surface area contributed by atoms with Crippen LogP contribution in [0.3, 0.4) is 0 Å². The average Bonchev–Trinajstić information content (AvgIpc) is 3.51. The third-order valence-corrected chi connectivity index (χ3v) is 6.75. The number of benzene rings is 2. The normalized spacial score (nSPS) is 14.6. The van der Waals surface area contributed by atoms with E-state index in [9.17, 15) is 4.39 Å². The lowest BCUT2D eigenvalue weighted by molar-refractivity contribution is 0.248. The molecule has 0 unspecified atom stereocenters. The van der Waals surface area contributed by atoms with Gasteiger partial charge in [0.25, 0.3) is 0 Å². The van der Waals surface area contributed by atoms with Crippen LogP contribution in [0.5, 0.6) is 5.88 Å². The molecule has 3 aromatic heterocycles. The second kappa shape index (κ2) is 10.0. The number of fused-ring (bicyclic) bond motifs is 2. The molecule has 0 bridgehead atoms. The number of nitrogens with zero attached hydrogens (tertiary/aromatic N) is 4. The van der Waals surface area contributed by atoms with E-state index in [1.165, 1.54) is 12.1 Å². The Labute approximate surface area is 215 Å². The van der Waals surface area contributed by atoms with Crippen molar-refractivity contribution >= 4 is 16.7 Å². The number of rotatable bonds is 8. The van der Waals surface area contributed by atoms with E-state index >= 15 is 0 Å². The lowest BCUT2D eigenvalue weighted by atomic mass is 10.0. The number of aryl methyl sites for hydroxylation is 1. The predicted octanol–water partition coefficient (Wildman–Crippen LogP) is 6.69. The molecule has 5 aromatic rings. The van der Waals surface area contributed by atoms with Crippen molar-refractivity contribution in [3.05, 3.63) is 90.6 Å². The molecule has 2 aromatic carbocycles. The van der Waals surface area contributed by atoms with Gasteiger partial charge in [0, 0.05) is 41.7 Å². The first-order valence-electron chi connectivity index (χ1n) is 12.8. The number of hydrogen-bond acceptors (Lipinski definition) is 5. The maximum atomic E-state index is 13.7. The molecule has 0 radical (unpaired) electrons. The Bertz CT molecular complexity index is 1550. The smallest absolute Gasteiger partial charge is 0.213 e. The van der Waals surface area contributed by atoms with Gasteiger partial charge in [-0.15, -0.1) is 0 Å². The Kier molecular flexibility index (Phi) is 6.26. The number of ether oxygens (including phenoxy) is 1. The van der Waals surface area contributed by atoms with Crippen molar-refractivity contribution in [1.29, 1.82) is 0 Å². The predicted molar refractivity (Wildman–Crippen MR) is 144 cm³/mol. The fourth-order valence-corrected chi connectivity index (χ4v) is 4.95. The van der Waals surface area contributed by atoms with E-state index in [1.807, 2.05) is 48.7 Å². The van der Waals surface area contributed by atoms with Crippen LogP contribution >= 0.6 is 0 Å². The summed E-state index contributed by atoms with van der Waals surface area (Å²) in [6, 6.07) is 22.7. The van der Waals surface area contributed by atoms with Gasteiger partial charge in [-0.2, -0.15) is 0 Å². The van der Waals surface area contributed by atoms with Crippen LogP contribution in [0.1, 0.15) is 31.6 Å². The molecule has 6 rings (SSSR count). The summed E-state index contributed by atoms with van der Waals surface area (Å²) in [6.45, 7) is 3.46. The van der Waals surface area contributed by atoms with Gasteiger partial charge in [0.05, 0.1) is 22.9 Å². The lowest BCUT2D eigenvalue weighted by Crippen LogP contribution is -2.15. The van der Waals surface area contributed by atoms with Gasteiger partial charge in [0.1, 0.15) is 24.1 Å². The fourth-order valence-electron chi connectivity index (χ4n) is 4.95. The van der Waals surface area contributed by atoms with E-state index in [0.717, 1.165) is 70.9 Å².